The fraction of sp³-hybridized carbons (Fsp3) is 0.0833. The maximum atomic E-state index is 12.2. The van der Waals surface area contributed by atoms with Crippen molar-refractivity contribution in [3.05, 3.63) is 83.9 Å². The highest BCUT2D eigenvalue weighted by Gasteiger charge is 2.31. The van der Waals surface area contributed by atoms with E-state index in [1.165, 1.54) is 36.8 Å². The van der Waals surface area contributed by atoms with Gasteiger partial charge in [-0.3, -0.25) is 5.43 Å². The number of ether oxygens (including phenoxy) is 2. The molecule has 0 fully saturated rings. The quantitative estimate of drug-likeness (QED) is 0.103. The minimum Gasteiger partial charge on any atom is -0.406 e. The lowest BCUT2D eigenvalue weighted by molar-refractivity contribution is -0.275. The molecule has 0 unspecified atom stereocenters. The number of aliphatic imine (C=N–C) groups is 2. The van der Waals surface area contributed by atoms with Gasteiger partial charge in [-0.05, 0) is 66.3 Å². The van der Waals surface area contributed by atoms with Crippen LogP contribution in [0.2, 0.25) is 0 Å². The normalized spacial score (nSPS) is 12.5. The predicted octanol–water partition coefficient (Wildman–Crippen LogP) is 5.87. The van der Waals surface area contributed by atoms with Gasteiger partial charge in [0.2, 0.25) is 0 Å². The van der Waals surface area contributed by atoms with E-state index >= 15 is 0 Å². The average molecular weight is 569 g/mol. The van der Waals surface area contributed by atoms with E-state index < -0.39 is 12.7 Å². The van der Waals surface area contributed by atoms with E-state index in [2.05, 4.69) is 35.3 Å². The fourth-order valence-corrected chi connectivity index (χ4v) is 2.94. The molecular weight excluding hydrogens is 550 g/mol. The number of halogens is 6. The van der Waals surface area contributed by atoms with Crippen LogP contribution >= 0.6 is 12.2 Å². The SMILES string of the molecule is NC(=NC=Nc1ccc(OC(F)(F)F)cc1)c1ccc(/C=N\NC(=S)Nc2ccc(OC(F)(F)F)cc2)cc1. The van der Waals surface area contributed by atoms with Gasteiger partial charge in [0.05, 0.1) is 11.9 Å². The van der Waals surface area contributed by atoms with Crippen LogP contribution in [0, 0.1) is 0 Å². The van der Waals surface area contributed by atoms with Gasteiger partial charge in [0.15, 0.2) is 5.11 Å². The van der Waals surface area contributed by atoms with Crippen molar-refractivity contribution in [2.75, 3.05) is 5.32 Å². The largest absolute Gasteiger partial charge is 0.573 e. The first-order valence-corrected chi connectivity index (χ1v) is 11.0. The van der Waals surface area contributed by atoms with Gasteiger partial charge in [-0.15, -0.1) is 26.3 Å². The van der Waals surface area contributed by atoms with Gasteiger partial charge in [0.1, 0.15) is 23.7 Å². The van der Waals surface area contributed by atoms with E-state index in [4.69, 9.17) is 18.0 Å². The number of hydrazone groups is 1. The third-order valence-corrected chi connectivity index (χ3v) is 4.60. The summed E-state index contributed by atoms with van der Waals surface area (Å²) in [7, 11) is 0. The van der Waals surface area contributed by atoms with Gasteiger partial charge in [-0.2, -0.15) is 5.10 Å². The second-order valence-corrected chi connectivity index (χ2v) is 7.73. The summed E-state index contributed by atoms with van der Waals surface area (Å²) in [5, 5.41) is 6.84. The first kappa shape index (κ1) is 28.9. The van der Waals surface area contributed by atoms with Crippen LogP contribution in [-0.4, -0.2) is 36.2 Å². The van der Waals surface area contributed by atoms with Crippen LogP contribution in [0.5, 0.6) is 11.5 Å². The summed E-state index contributed by atoms with van der Waals surface area (Å²) in [5.41, 5.74) is 10.5. The summed E-state index contributed by atoms with van der Waals surface area (Å²) in [6.45, 7) is 0. The van der Waals surface area contributed by atoms with Crippen LogP contribution in [-0.2, 0) is 0 Å². The van der Waals surface area contributed by atoms with Crippen molar-refractivity contribution in [3.8, 4) is 11.5 Å². The molecule has 4 N–H and O–H groups in total. The summed E-state index contributed by atoms with van der Waals surface area (Å²) in [5.74, 6) is -0.580. The Balaban J connectivity index is 1.48. The van der Waals surface area contributed by atoms with Crippen molar-refractivity contribution in [1.29, 1.82) is 0 Å². The van der Waals surface area contributed by atoms with E-state index in [0.29, 0.717) is 22.5 Å². The molecule has 0 aliphatic rings. The van der Waals surface area contributed by atoms with E-state index in [0.717, 1.165) is 24.3 Å². The summed E-state index contributed by atoms with van der Waals surface area (Å²) in [6.07, 6.45) is -6.91. The molecule has 39 heavy (non-hydrogen) atoms. The van der Waals surface area contributed by atoms with Crippen molar-refractivity contribution in [2.45, 2.75) is 12.7 Å². The van der Waals surface area contributed by atoms with E-state index in [1.807, 2.05) is 0 Å². The number of thiocarbonyl (C=S) groups is 1. The van der Waals surface area contributed by atoms with E-state index in [9.17, 15) is 26.3 Å². The fourth-order valence-electron chi connectivity index (χ4n) is 2.77. The van der Waals surface area contributed by atoms with Gasteiger partial charge < -0.3 is 20.5 Å². The predicted molar refractivity (Wildman–Crippen MR) is 139 cm³/mol. The second kappa shape index (κ2) is 12.7. The number of rotatable bonds is 8. The van der Waals surface area contributed by atoms with Crippen LogP contribution in [0.15, 0.2) is 87.9 Å². The Labute approximate surface area is 222 Å². The zero-order valence-corrected chi connectivity index (χ0v) is 20.3. The number of hydrogen-bond donors (Lipinski definition) is 3. The molecule has 0 radical (unpaired) electrons. The van der Waals surface area contributed by atoms with Gasteiger partial charge in [0, 0.05) is 11.3 Å². The summed E-state index contributed by atoms with van der Waals surface area (Å²) in [4.78, 5) is 8.01. The Morgan fingerprint density at radius 1 is 0.795 bits per heavy atom. The number of nitrogens with two attached hydrogens (primary N) is 1. The van der Waals surface area contributed by atoms with Gasteiger partial charge in [0.25, 0.3) is 0 Å². The maximum absolute atomic E-state index is 12.2. The molecule has 0 saturated carbocycles. The molecule has 8 nitrogen and oxygen atoms in total. The highest BCUT2D eigenvalue weighted by molar-refractivity contribution is 7.80. The monoisotopic (exact) mass is 568 g/mol. The lowest BCUT2D eigenvalue weighted by Crippen LogP contribution is -2.23. The molecule has 0 saturated heterocycles. The number of anilines is 1. The number of amidine groups is 1. The first-order valence-electron chi connectivity index (χ1n) is 10.6. The first-order chi connectivity index (χ1) is 18.4. The van der Waals surface area contributed by atoms with E-state index in [1.54, 1.807) is 24.3 Å². The molecule has 3 rings (SSSR count). The average Bonchev–Trinajstić information content (AvgIpc) is 2.85. The van der Waals surface area contributed by atoms with Crippen LogP contribution in [0.1, 0.15) is 11.1 Å². The van der Waals surface area contributed by atoms with Crippen molar-refractivity contribution in [2.24, 2.45) is 20.8 Å². The van der Waals surface area contributed by atoms with Crippen LogP contribution in [0.4, 0.5) is 37.7 Å². The zero-order chi connectivity index (χ0) is 28.5. The number of nitrogens with one attached hydrogen (secondary N) is 2. The van der Waals surface area contributed by atoms with Crippen molar-refractivity contribution in [3.63, 3.8) is 0 Å². The Bertz CT molecular complexity index is 1340. The van der Waals surface area contributed by atoms with Crippen LogP contribution in [0.3, 0.4) is 0 Å². The third-order valence-electron chi connectivity index (χ3n) is 4.41. The molecule has 3 aromatic carbocycles. The second-order valence-electron chi connectivity index (χ2n) is 7.32. The number of nitrogens with zero attached hydrogens (tertiary/aromatic N) is 3. The Kier molecular flexibility index (Phi) is 9.43. The molecule has 0 aromatic heterocycles. The lowest BCUT2D eigenvalue weighted by Gasteiger charge is -2.10. The molecule has 0 aliphatic carbocycles. The van der Waals surface area contributed by atoms with Gasteiger partial charge >= 0.3 is 12.7 Å². The summed E-state index contributed by atoms with van der Waals surface area (Å²) >= 11 is 5.09. The molecule has 0 heterocycles. The number of benzene rings is 3. The Morgan fingerprint density at radius 3 is 1.87 bits per heavy atom. The molecule has 204 valence electrons. The van der Waals surface area contributed by atoms with Crippen molar-refractivity contribution < 1.29 is 35.8 Å². The third kappa shape index (κ3) is 10.7. The highest BCUT2D eigenvalue weighted by Crippen LogP contribution is 2.25. The summed E-state index contributed by atoms with van der Waals surface area (Å²) < 4.78 is 80.8. The summed E-state index contributed by atoms with van der Waals surface area (Å²) in [6, 6.07) is 16.7. The van der Waals surface area contributed by atoms with Crippen molar-refractivity contribution >= 4 is 47.1 Å². The molecule has 0 atom stereocenters. The smallest absolute Gasteiger partial charge is 0.406 e. The van der Waals surface area contributed by atoms with Gasteiger partial charge in [-0.25, -0.2) is 9.98 Å². The minimum absolute atomic E-state index is 0.102. The maximum Gasteiger partial charge on any atom is 0.573 e. The zero-order valence-electron chi connectivity index (χ0n) is 19.5. The molecule has 15 heteroatoms. The van der Waals surface area contributed by atoms with E-state index in [-0.39, 0.29) is 22.4 Å². The lowest BCUT2D eigenvalue weighted by atomic mass is 10.1. The molecule has 0 aliphatic heterocycles. The minimum atomic E-state index is -4.78. The topological polar surface area (TPSA) is 106 Å². The van der Waals surface area contributed by atoms with Crippen molar-refractivity contribution in [1.82, 2.24) is 5.43 Å². The standard InChI is InChI=1S/C24H18F6N6O2S/c25-23(26,27)37-19-9-5-17(6-10-19)32-14-33-21(31)16-3-1-15(2-4-16)13-34-36-22(39)35-18-7-11-20(12-8-18)38-24(28,29)30/h1-14H,(H2,31,32,33)(H2,35,36,39)/b34-13-. The molecule has 0 spiro atoms. The van der Waals surface area contributed by atoms with Gasteiger partial charge in [-0.1, -0.05) is 24.3 Å². The molecule has 0 bridgehead atoms. The molecule has 3 aromatic rings. The molecule has 0 amide bonds. The Hall–Kier alpha value is -4.66. The van der Waals surface area contributed by atoms with Crippen LogP contribution in [0.25, 0.3) is 0 Å². The number of hydrogen-bond acceptors (Lipinski definition) is 5. The Morgan fingerprint density at radius 2 is 1.33 bits per heavy atom. The highest BCUT2D eigenvalue weighted by atomic mass is 32.1. The number of alkyl halides is 6. The molecular formula is C24H18F6N6O2S. The van der Waals surface area contributed by atoms with Crippen LogP contribution < -0.4 is 25.9 Å².